The summed E-state index contributed by atoms with van der Waals surface area (Å²) in [6, 6.07) is 9.01. The van der Waals surface area contributed by atoms with Crippen molar-refractivity contribution in [1.82, 2.24) is 0 Å². The molecule has 1 aromatic rings. The molecule has 1 aliphatic heterocycles. The average Bonchev–Trinajstić information content (AvgIpc) is 2.66. The van der Waals surface area contributed by atoms with Gasteiger partial charge in [0.05, 0.1) is 0 Å². The Morgan fingerprint density at radius 3 is 2.20 bits per heavy atom. The number of halogens is 2. The monoisotopic (exact) mass is 288 g/mol. The summed E-state index contributed by atoms with van der Waals surface area (Å²) >= 11 is 3.45. The molecule has 1 unspecified atom stereocenters. The van der Waals surface area contributed by atoms with Gasteiger partial charge in [-0.15, -0.1) is 12.4 Å². The first-order valence-electron chi connectivity index (χ1n) is 5.02. The highest BCUT2D eigenvalue weighted by Gasteiger charge is 2.53. The fourth-order valence-corrected chi connectivity index (χ4v) is 2.70. The highest BCUT2D eigenvalue weighted by atomic mass is 79.9. The van der Waals surface area contributed by atoms with Gasteiger partial charge in [0.1, 0.15) is 0 Å². The summed E-state index contributed by atoms with van der Waals surface area (Å²) < 4.78 is 1.14. The molecule has 1 aliphatic carbocycles. The summed E-state index contributed by atoms with van der Waals surface area (Å²) in [6.45, 7) is 2.29. The highest BCUT2D eigenvalue weighted by Crippen LogP contribution is 2.45. The van der Waals surface area contributed by atoms with Gasteiger partial charge in [-0.3, -0.25) is 0 Å². The molecule has 2 fully saturated rings. The molecular weight excluding hydrogens is 275 g/mol. The van der Waals surface area contributed by atoms with Crippen LogP contribution in [0.25, 0.3) is 0 Å². The van der Waals surface area contributed by atoms with Crippen LogP contribution in [0.4, 0.5) is 5.69 Å². The minimum Gasteiger partial charge on any atom is -0.371 e. The van der Waals surface area contributed by atoms with Crippen LogP contribution in [-0.2, 0) is 0 Å². The Morgan fingerprint density at radius 1 is 1.13 bits per heavy atom. The number of rotatable bonds is 1. The van der Waals surface area contributed by atoms with Crippen LogP contribution in [0.3, 0.4) is 0 Å². The van der Waals surface area contributed by atoms with Crippen LogP contribution in [-0.4, -0.2) is 19.1 Å². The Bertz CT molecular complexity index is 342. The molecule has 0 bridgehead atoms. The lowest BCUT2D eigenvalue weighted by Crippen LogP contribution is -2.27. The smallest absolute Gasteiger partial charge is 0.0367 e. The van der Waals surface area contributed by atoms with Crippen LogP contribution in [0.15, 0.2) is 28.7 Å². The highest BCUT2D eigenvalue weighted by molar-refractivity contribution is 9.10. The van der Waals surface area contributed by atoms with Gasteiger partial charge in [0.2, 0.25) is 0 Å². The summed E-state index contributed by atoms with van der Waals surface area (Å²) in [7, 11) is 0. The number of fused-ring (bicyclic) bond motifs is 1. The Labute approximate surface area is 104 Å². The first-order valence-corrected chi connectivity index (χ1v) is 5.81. The molecule has 1 saturated heterocycles. The van der Waals surface area contributed by atoms with E-state index in [0.29, 0.717) is 6.04 Å². The molecular formula is C11H14BrClN2. The lowest BCUT2D eigenvalue weighted by Gasteiger charge is -2.21. The fourth-order valence-electron chi connectivity index (χ4n) is 2.44. The van der Waals surface area contributed by atoms with Crippen LogP contribution >= 0.6 is 28.3 Å². The van der Waals surface area contributed by atoms with Crippen LogP contribution < -0.4 is 10.6 Å². The zero-order chi connectivity index (χ0) is 9.71. The number of anilines is 1. The Hall–Kier alpha value is -0.250. The first-order chi connectivity index (χ1) is 6.75. The second kappa shape index (κ2) is 3.96. The van der Waals surface area contributed by atoms with E-state index >= 15 is 0 Å². The second-order valence-electron chi connectivity index (χ2n) is 4.29. The van der Waals surface area contributed by atoms with E-state index in [2.05, 4.69) is 45.1 Å². The topological polar surface area (TPSA) is 29.3 Å². The zero-order valence-corrected chi connectivity index (χ0v) is 10.7. The van der Waals surface area contributed by atoms with Crippen molar-refractivity contribution >= 4 is 34.0 Å². The van der Waals surface area contributed by atoms with E-state index < -0.39 is 0 Å². The molecule has 2 aliphatic rings. The minimum absolute atomic E-state index is 0. The maximum absolute atomic E-state index is 5.90. The van der Waals surface area contributed by atoms with Crippen molar-refractivity contribution in [2.75, 3.05) is 18.0 Å². The standard InChI is InChI=1S/C11H13BrN2.ClH/c12-7-1-3-8(4-2-7)14-5-9-10(6-14)11(9)13;/h1-4,9-11H,5-6,13H2;1H/t9-,10+,11?;. The van der Waals surface area contributed by atoms with Crippen molar-refractivity contribution in [3.63, 3.8) is 0 Å². The van der Waals surface area contributed by atoms with Crippen LogP contribution in [0.5, 0.6) is 0 Å². The number of benzene rings is 1. The van der Waals surface area contributed by atoms with Gasteiger partial charge >= 0.3 is 0 Å². The molecule has 0 aromatic heterocycles. The lowest BCUT2D eigenvalue weighted by atomic mass is 10.3. The normalized spacial score (nSPS) is 32.1. The third kappa shape index (κ3) is 1.88. The largest absolute Gasteiger partial charge is 0.371 e. The molecule has 0 amide bonds. The first kappa shape index (κ1) is 11.2. The van der Waals surface area contributed by atoms with Gasteiger partial charge in [0, 0.05) is 29.3 Å². The second-order valence-corrected chi connectivity index (χ2v) is 5.20. The molecule has 15 heavy (non-hydrogen) atoms. The summed E-state index contributed by atoms with van der Waals surface area (Å²) in [4.78, 5) is 2.44. The Kier molecular flexibility index (Phi) is 2.97. The van der Waals surface area contributed by atoms with Crippen LogP contribution in [0, 0.1) is 11.8 Å². The van der Waals surface area contributed by atoms with E-state index in [9.17, 15) is 0 Å². The summed E-state index contributed by atoms with van der Waals surface area (Å²) in [5.41, 5.74) is 7.23. The van der Waals surface area contributed by atoms with Crippen molar-refractivity contribution in [3.8, 4) is 0 Å². The van der Waals surface area contributed by atoms with Gasteiger partial charge in [-0.2, -0.15) is 0 Å². The van der Waals surface area contributed by atoms with E-state index in [4.69, 9.17) is 5.73 Å². The fraction of sp³-hybridized carbons (Fsp3) is 0.455. The molecule has 82 valence electrons. The quantitative estimate of drug-likeness (QED) is 0.859. The molecule has 3 rings (SSSR count). The molecule has 0 radical (unpaired) electrons. The molecule has 0 spiro atoms. The number of hydrogen-bond donors (Lipinski definition) is 1. The molecule has 1 aromatic carbocycles. The maximum Gasteiger partial charge on any atom is 0.0367 e. The lowest BCUT2D eigenvalue weighted by molar-refractivity contribution is 0.743. The van der Waals surface area contributed by atoms with Crippen molar-refractivity contribution in [2.45, 2.75) is 6.04 Å². The molecule has 1 saturated carbocycles. The van der Waals surface area contributed by atoms with E-state index in [-0.39, 0.29) is 12.4 Å². The van der Waals surface area contributed by atoms with E-state index in [1.165, 1.54) is 5.69 Å². The van der Waals surface area contributed by atoms with Crippen LogP contribution in [0.2, 0.25) is 0 Å². The average molecular weight is 290 g/mol. The van der Waals surface area contributed by atoms with Crippen molar-refractivity contribution in [3.05, 3.63) is 28.7 Å². The van der Waals surface area contributed by atoms with Crippen molar-refractivity contribution in [1.29, 1.82) is 0 Å². The summed E-state index contributed by atoms with van der Waals surface area (Å²) in [5, 5.41) is 0. The summed E-state index contributed by atoms with van der Waals surface area (Å²) in [6.07, 6.45) is 0. The third-order valence-electron chi connectivity index (χ3n) is 3.45. The Morgan fingerprint density at radius 2 is 1.67 bits per heavy atom. The predicted molar refractivity (Wildman–Crippen MR) is 68.6 cm³/mol. The van der Waals surface area contributed by atoms with Gasteiger partial charge in [-0.25, -0.2) is 0 Å². The van der Waals surface area contributed by atoms with Crippen molar-refractivity contribution in [2.24, 2.45) is 17.6 Å². The number of piperidine rings is 1. The molecule has 2 N–H and O–H groups in total. The molecule has 4 heteroatoms. The number of nitrogens with two attached hydrogens (primary N) is 1. The van der Waals surface area contributed by atoms with E-state index in [0.717, 1.165) is 29.4 Å². The molecule has 2 nitrogen and oxygen atoms in total. The zero-order valence-electron chi connectivity index (χ0n) is 8.27. The Balaban J connectivity index is 0.000000853. The van der Waals surface area contributed by atoms with Gasteiger partial charge in [0.25, 0.3) is 0 Å². The number of hydrogen-bond acceptors (Lipinski definition) is 2. The SMILES string of the molecule is Cl.NC1[C@H]2CN(c3ccc(Br)cc3)C[C@@H]12. The van der Waals surface area contributed by atoms with Gasteiger partial charge in [-0.05, 0) is 36.1 Å². The molecule has 1 heterocycles. The predicted octanol–water partition coefficient (Wildman–Crippen LogP) is 2.26. The van der Waals surface area contributed by atoms with Crippen molar-refractivity contribution < 1.29 is 0 Å². The van der Waals surface area contributed by atoms with Gasteiger partial charge in [-0.1, -0.05) is 15.9 Å². The van der Waals surface area contributed by atoms with E-state index in [1.807, 2.05) is 0 Å². The summed E-state index contributed by atoms with van der Waals surface area (Å²) in [5.74, 6) is 1.53. The third-order valence-corrected chi connectivity index (χ3v) is 3.98. The minimum atomic E-state index is 0. The number of nitrogens with zero attached hydrogens (tertiary/aromatic N) is 1. The molecule has 3 atom stereocenters. The van der Waals surface area contributed by atoms with Crippen LogP contribution in [0.1, 0.15) is 0 Å². The van der Waals surface area contributed by atoms with Gasteiger partial charge in [0.15, 0.2) is 0 Å². The van der Waals surface area contributed by atoms with Gasteiger partial charge < -0.3 is 10.6 Å². The van der Waals surface area contributed by atoms with E-state index in [1.54, 1.807) is 0 Å². The maximum atomic E-state index is 5.90.